The highest BCUT2D eigenvalue weighted by atomic mass is 16.7. The molecule has 1 aliphatic rings. The first kappa shape index (κ1) is 15.9. The predicted octanol–water partition coefficient (Wildman–Crippen LogP) is 1.82. The summed E-state index contributed by atoms with van der Waals surface area (Å²) in [5.74, 6) is 0.994. The fourth-order valence-corrected chi connectivity index (χ4v) is 2.23. The number of hydrogen-bond acceptors (Lipinski definition) is 5. The molecule has 0 spiro atoms. The van der Waals surface area contributed by atoms with Gasteiger partial charge in [0.15, 0.2) is 11.5 Å². The van der Waals surface area contributed by atoms with Crippen LogP contribution in [0.4, 0.5) is 0 Å². The van der Waals surface area contributed by atoms with Crippen LogP contribution in [0.1, 0.15) is 38.1 Å². The van der Waals surface area contributed by atoms with Crippen molar-refractivity contribution in [1.29, 1.82) is 0 Å². The molecule has 0 radical (unpaired) electrons. The van der Waals surface area contributed by atoms with E-state index in [-0.39, 0.29) is 0 Å². The number of aldehydes is 1. The maximum atomic E-state index is 11.1. The van der Waals surface area contributed by atoms with Crippen LogP contribution in [0.3, 0.4) is 0 Å². The van der Waals surface area contributed by atoms with Crippen molar-refractivity contribution in [2.24, 2.45) is 0 Å². The Labute approximate surface area is 125 Å². The van der Waals surface area contributed by atoms with E-state index < -0.39 is 18.3 Å². The van der Waals surface area contributed by atoms with Gasteiger partial charge in [-0.1, -0.05) is 0 Å². The first-order chi connectivity index (χ1) is 9.75. The molecule has 0 atom stereocenters. The lowest BCUT2D eigenvalue weighted by Crippen LogP contribution is -2.41. The Hall–Kier alpha value is -1.53. The Morgan fingerprint density at radius 1 is 1.05 bits per heavy atom. The number of hydrogen-bond donors (Lipinski definition) is 0. The second kappa shape index (κ2) is 5.35. The molecule has 1 aromatic carbocycles. The maximum absolute atomic E-state index is 11.1. The number of methoxy groups -OCH3 is 2. The molecule has 2 rings (SSSR count). The summed E-state index contributed by atoms with van der Waals surface area (Å²) in [6.07, 6.45) is 0.761. The average molecular weight is 292 g/mol. The van der Waals surface area contributed by atoms with Gasteiger partial charge in [0.2, 0.25) is 0 Å². The van der Waals surface area contributed by atoms with Crippen molar-refractivity contribution in [1.82, 2.24) is 0 Å². The van der Waals surface area contributed by atoms with Gasteiger partial charge < -0.3 is 18.8 Å². The van der Waals surface area contributed by atoms with Crippen LogP contribution in [-0.4, -0.2) is 38.8 Å². The zero-order valence-electron chi connectivity index (χ0n) is 13.4. The minimum atomic E-state index is -0.612. The van der Waals surface area contributed by atoms with E-state index in [1.54, 1.807) is 19.2 Å². The SMILES string of the molecule is COc1cc(C=O)cc(B2OC(C)(C)C(C)(C)O2)c1OC. The van der Waals surface area contributed by atoms with Crippen molar-refractivity contribution in [3.05, 3.63) is 17.7 Å². The van der Waals surface area contributed by atoms with Crippen LogP contribution in [0.25, 0.3) is 0 Å². The molecule has 1 heterocycles. The lowest BCUT2D eigenvalue weighted by Gasteiger charge is -2.32. The Balaban J connectivity index is 2.51. The molecule has 0 N–H and O–H groups in total. The molecule has 114 valence electrons. The van der Waals surface area contributed by atoms with Crippen molar-refractivity contribution in [2.75, 3.05) is 14.2 Å². The molecule has 0 unspecified atom stereocenters. The van der Waals surface area contributed by atoms with Crippen LogP contribution < -0.4 is 14.9 Å². The summed E-state index contributed by atoms with van der Waals surface area (Å²) >= 11 is 0. The molecular weight excluding hydrogens is 271 g/mol. The van der Waals surface area contributed by atoms with Crippen LogP contribution in [-0.2, 0) is 9.31 Å². The fourth-order valence-electron chi connectivity index (χ4n) is 2.23. The third kappa shape index (κ3) is 2.65. The van der Waals surface area contributed by atoms with Gasteiger partial charge >= 0.3 is 7.12 Å². The van der Waals surface area contributed by atoms with Gasteiger partial charge in [-0.25, -0.2) is 0 Å². The largest absolute Gasteiger partial charge is 0.498 e. The van der Waals surface area contributed by atoms with Crippen molar-refractivity contribution < 1.29 is 23.6 Å². The molecule has 0 amide bonds. The van der Waals surface area contributed by atoms with Gasteiger partial charge in [0.05, 0.1) is 25.4 Å². The highest BCUT2D eigenvalue weighted by Crippen LogP contribution is 2.38. The van der Waals surface area contributed by atoms with Crippen LogP contribution in [0.15, 0.2) is 12.1 Å². The van der Waals surface area contributed by atoms with E-state index in [4.69, 9.17) is 18.8 Å². The molecule has 5 nitrogen and oxygen atoms in total. The standard InChI is InChI=1S/C15H21BO5/c1-14(2)15(3,4)21-16(20-14)11-7-10(9-17)8-12(18-5)13(11)19-6/h7-9H,1-6H3. The Morgan fingerprint density at radius 2 is 1.62 bits per heavy atom. The molecule has 21 heavy (non-hydrogen) atoms. The van der Waals surface area contributed by atoms with Gasteiger partial charge in [0.25, 0.3) is 0 Å². The number of rotatable bonds is 4. The van der Waals surface area contributed by atoms with E-state index in [2.05, 4.69) is 0 Å². The molecule has 1 aromatic rings. The quantitative estimate of drug-likeness (QED) is 0.626. The monoisotopic (exact) mass is 292 g/mol. The normalized spacial score (nSPS) is 19.4. The minimum absolute atomic E-state index is 0.465. The van der Waals surface area contributed by atoms with E-state index in [1.165, 1.54) is 7.11 Å². The van der Waals surface area contributed by atoms with Crippen LogP contribution >= 0.6 is 0 Å². The number of carbonyl (C=O) groups is 1. The van der Waals surface area contributed by atoms with Crippen LogP contribution in [0.2, 0.25) is 0 Å². The number of ether oxygens (including phenoxy) is 2. The molecular formula is C15H21BO5. The fraction of sp³-hybridized carbons (Fsp3) is 0.533. The highest BCUT2D eigenvalue weighted by molar-refractivity contribution is 6.63. The van der Waals surface area contributed by atoms with Gasteiger partial charge in [0, 0.05) is 11.0 Å². The molecule has 0 aliphatic carbocycles. The van der Waals surface area contributed by atoms with Crippen molar-refractivity contribution in [3.8, 4) is 11.5 Å². The van der Waals surface area contributed by atoms with Crippen LogP contribution in [0.5, 0.6) is 11.5 Å². The molecule has 6 heteroatoms. The molecule has 1 aliphatic heterocycles. The van der Waals surface area contributed by atoms with Crippen molar-refractivity contribution in [2.45, 2.75) is 38.9 Å². The van der Waals surface area contributed by atoms with Gasteiger partial charge in [-0.2, -0.15) is 0 Å². The van der Waals surface area contributed by atoms with E-state index in [0.29, 0.717) is 22.5 Å². The highest BCUT2D eigenvalue weighted by Gasteiger charge is 2.52. The van der Waals surface area contributed by atoms with E-state index >= 15 is 0 Å². The molecule has 0 bridgehead atoms. The zero-order valence-corrected chi connectivity index (χ0v) is 13.4. The summed E-state index contributed by atoms with van der Waals surface area (Å²) in [5, 5.41) is 0. The summed E-state index contributed by atoms with van der Waals surface area (Å²) in [5.41, 5.74) is 0.204. The Morgan fingerprint density at radius 3 is 2.05 bits per heavy atom. The summed E-state index contributed by atoms with van der Waals surface area (Å²) < 4.78 is 22.7. The molecule has 0 saturated carbocycles. The minimum Gasteiger partial charge on any atom is -0.493 e. The summed E-state index contributed by atoms with van der Waals surface area (Å²) in [6, 6.07) is 3.33. The zero-order chi connectivity index (χ0) is 15.8. The maximum Gasteiger partial charge on any atom is 0.498 e. The molecule has 1 saturated heterocycles. The van der Waals surface area contributed by atoms with Gasteiger partial charge in [-0.15, -0.1) is 0 Å². The van der Waals surface area contributed by atoms with Crippen molar-refractivity contribution in [3.63, 3.8) is 0 Å². The topological polar surface area (TPSA) is 54.0 Å². The van der Waals surface area contributed by atoms with E-state index in [0.717, 1.165) is 6.29 Å². The smallest absolute Gasteiger partial charge is 0.493 e. The van der Waals surface area contributed by atoms with Crippen LogP contribution in [0, 0.1) is 0 Å². The summed E-state index contributed by atoms with van der Waals surface area (Å²) in [4.78, 5) is 11.1. The third-order valence-corrected chi connectivity index (χ3v) is 4.17. The van der Waals surface area contributed by atoms with Gasteiger partial charge in [0.1, 0.15) is 6.29 Å². The molecule has 0 aromatic heterocycles. The second-order valence-electron chi connectivity index (χ2n) is 6.05. The lowest BCUT2D eigenvalue weighted by atomic mass is 9.77. The van der Waals surface area contributed by atoms with Crippen molar-refractivity contribution >= 4 is 18.9 Å². The number of benzene rings is 1. The third-order valence-electron chi connectivity index (χ3n) is 4.17. The number of carbonyl (C=O) groups excluding carboxylic acids is 1. The lowest BCUT2D eigenvalue weighted by molar-refractivity contribution is 0.00578. The second-order valence-corrected chi connectivity index (χ2v) is 6.05. The molecule has 1 fully saturated rings. The van der Waals surface area contributed by atoms with E-state index in [1.807, 2.05) is 27.7 Å². The average Bonchev–Trinajstić information content (AvgIpc) is 2.65. The predicted molar refractivity (Wildman–Crippen MR) is 80.6 cm³/mol. The van der Waals surface area contributed by atoms with Gasteiger partial charge in [-0.3, -0.25) is 4.79 Å². The first-order valence-electron chi connectivity index (χ1n) is 6.82. The first-order valence-corrected chi connectivity index (χ1v) is 6.82. The summed E-state index contributed by atoms with van der Waals surface area (Å²) in [6.45, 7) is 7.89. The summed E-state index contributed by atoms with van der Waals surface area (Å²) in [7, 11) is 2.46. The Bertz CT molecular complexity index is 537. The Kier molecular flexibility index (Phi) is 4.04. The van der Waals surface area contributed by atoms with Gasteiger partial charge in [-0.05, 0) is 39.8 Å². The van der Waals surface area contributed by atoms with E-state index in [9.17, 15) is 4.79 Å².